The second-order valence-electron chi connectivity index (χ2n) is 4.66. The molecule has 0 spiro atoms. The minimum absolute atomic E-state index is 0.201. The van der Waals surface area contributed by atoms with Crippen LogP contribution >= 0.6 is 0 Å². The van der Waals surface area contributed by atoms with E-state index in [9.17, 15) is 9.59 Å². The number of carboxylic acids is 1. The van der Waals surface area contributed by atoms with Gasteiger partial charge < -0.3 is 20.2 Å². The van der Waals surface area contributed by atoms with Gasteiger partial charge in [0, 0.05) is 6.20 Å². The zero-order valence-electron chi connectivity index (χ0n) is 11.8. The summed E-state index contributed by atoms with van der Waals surface area (Å²) in [4.78, 5) is 22.9. The van der Waals surface area contributed by atoms with Gasteiger partial charge in [0.25, 0.3) is 5.91 Å². The molecule has 1 aromatic rings. The first-order chi connectivity index (χ1) is 9.95. The van der Waals surface area contributed by atoms with E-state index in [1.54, 1.807) is 32.0 Å². The van der Waals surface area contributed by atoms with E-state index in [-0.39, 0.29) is 11.5 Å². The number of nitrogens with zero attached hydrogens (tertiary/aromatic N) is 1. The highest BCUT2D eigenvalue weighted by atomic mass is 16.4. The van der Waals surface area contributed by atoms with Gasteiger partial charge >= 0.3 is 5.97 Å². The quantitative estimate of drug-likeness (QED) is 0.510. The van der Waals surface area contributed by atoms with E-state index < -0.39 is 17.9 Å². The molecule has 0 aliphatic carbocycles. The molecule has 0 saturated carbocycles. The van der Waals surface area contributed by atoms with Crippen LogP contribution in [0.15, 0.2) is 34.6 Å². The van der Waals surface area contributed by atoms with Crippen molar-refractivity contribution < 1.29 is 19.1 Å². The number of carbonyl (C=O) groups is 2. The van der Waals surface area contributed by atoms with E-state index in [0.29, 0.717) is 12.3 Å². The Morgan fingerprint density at radius 1 is 1.52 bits per heavy atom. The first kappa shape index (κ1) is 16.3. The number of amides is 1. The van der Waals surface area contributed by atoms with Crippen LogP contribution in [-0.4, -0.2) is 23.0 Å². The lowest BCUT2D eigenvalue weighted by atomic mass is 10.0. The van der Waals surface area contributed by atoms with Crippen LogP contribution in [0.3, 0.4) is 0 Å². The van der Waals surface area contributed by atoms with Crippen LogP contribution in [0.25, 0.3) is 0 Å². The summed E-state index contributed by atoms with van der Waals surface area (Å²) < 4.78 is 5.08. The number of nitriles is 1. The average Bonchev–Trinajstić information content (AvgIpc) is 2.93. The monoisotopic (exact) mass is 291 g/mol. The van der Waals surface area contributed by atoms with Crippen LogP contribution in [0.2, 0.25) is 0 Å². The molecule has 1 aromatic heterocycles. The molecule has 0 fully saturated rings. The fourth-order valence-electron chi connectivity index (χ4n) is 1.55. The fourth-order valence-corrected chi connectivity index (χ4v) is 1.55. The Morgan fingerprint density at radius 3 is 2.71 bits per heavy atom. The number of hydrogen-bond donors (Lipinski definition) is 3. The molecule has 7 nitrogen and oxygen atoms in total. The summed E-state index contributed by atoms with van der Waals surface area (Å²) in [6.45, 7) is 3.66. The lowest BCUT2D eigenvalue weighted by Crippen LogP contribution is -2.44. The molecule has 0 aromatic carbocycles. The van der Waals surface area contributed by atoms with Gasteiger partial charge in [0.05, 0.1) is 12.8 Å². The Bertz CT molecular complexity index is 555. The number of hydrogen-bond acceptors (Lipinski definition) is 5. The molecular weight excluding hydrogens is 274 g/mol. The topological polar surface area (TPSA) is 115 Å². The Hall–Kier alpha value is -2.75. The van der Waals surface area contributed by atoms with Crippen molar-refractivity contribution in [2.75, 3.05) is 0 Å². The van der Waals surface area contributed by atoms with Crippen LogP contribution in [0.1, 0.15) is 19.6 Å². The minimum Gasteiger partial charge on any atom is -0.480 e. The summed E-state index contributed by atoms with van der Waals surface area (Å²) in [5, 5.41) is 23.0. The molecule has 0 bridgehead atoms. The summed E-state index contributed by atoms with van der Waals surface area (Å²) >= 11 is 0. The zero-order valence-corrected chi connectivity index (χ0v) is 11.8. The van der Waals surface area contributed by atoms with Crippen molar-refractivity contribution in [2.24, 2.45) is 5.92 Å². The van der Waals surface area contributed by atoms with E-state index >= 15 is 0 Å². The highest BCUT2D eigenvalue weighted by Crippen LogP contribution is 2.04. The molecule has 0 aliphatic rings. The third kappa shape index (κ3) is 5.03. The number of aliphatic carboxylic acids is 1. The van der Waals surface area contributed by atoms with Crippen molar-refractivity contribution >= 4 is 11.9 Å². The zero-order chi connectivity index (χ0) is 15.8. The van der Waals surface area contributed by atoms with Gasteiger partial charge in [-0.25, -0.2) is 4.79 Å². The molecule has 3 N–H and O–H groups in total. The van der Waals surface area contributed by atoms with Gasteiger partial charge in [0.2, 0.25) is 0 Å². The smallest absolute Gasteiger partial charge is 0.326 e. The molecule has 0 aliphatic heterocycles. The van der Waals surface area contributed by atoms with E-state index in [0.717, 1.165) is 0 Å². The van der Waals surface area contributed by atoms with Gasteiger partial charge in [-0.1, -0.05) is 13.8 Å². The van der Waals surface area contributed by atoms with Crippen molar-refractivity contribution in [3.8, 4) is 6.07 Å². The van der Waals surface area contributed by atoms with Gasteiger partial charge in [-0.3, -0.25) is 4.79 Å². The number of rotatable bonds is 7. The summed E-state index contributed by atoms with van der Waals surface area (Å²) in [7, 11) is 0. The summed E-state index contributed by atoms with van der Waals surface area (Å²) in [5.41, 5.74) is -0.201. The third-order valence-electron chi connectivity index (χ3n) is 2.69. The first-order valence-corrected chi connectivity index (χ1v) is 6.35. The van der Waals surface area contributed by atoms with Crippen molar-refractivity contribution in [1.29, 1.82) is 5.26 Å². The van der Waals surface area contributed by atoms with E-state index in [4.69, 9.17) is 14.8 Å². The summed E-state index contributed by atoms with van der Waals surface area (Å²) in [5.74, 6) is -1.51. The molecule has 1 unspecified atom stereocenters. The molecule has 21 heavy (non-hydrogen) atoms. The molecule has 0 saturated heterocycles. The Balaban J connectivity index is 2.64. The maximum atomic E-state index is 11.9. The van der Waals surface area contributed by atoms with E-state index in [1.807, 2.05) is 0 Å². The van der Waals surface area contributed by atoms with Crippen molar-refractivity contribution in [2.45, 2.75) is 26.4 Å². The van der Waals surface area contributed by atoms with E-state index in [2.05, 4.69) is 10.6 Å². The predicted octanol–water partition coefficient (Wildman–Crippen LogP) is 1.00. The van der Waals surface area contributed by atoms with Crippen molar-refractivity contribution in [3.63, 3.8) is 0 Å². The highest BCUT2D eigenvalue weighted by molar-refractivity contribution is 5.99. The molecule has 112 valence electrons. The van der Waals surface area contributed by atoms with Gasteiger partial charge in [-0.2, -0.15) is 5.26 Å². The molecule has 7 heteroatoms. The molecule has 0 radical (unpaired) electrons. The second kappa shape index (κ2) is 7.75. The molecule has 1 atom stereocenters. The average molecular weight is 291 g/mol. The Labute approximate surface area is 122 Å². The predicted molar refractivity (Wildman–Crippen MR) is 73.6 cm³/mol. The van der Waals surface area contributed by atoms with Crippen molar-refractivity contribution in [3.05, 3.63) is 35.9 Å². The molecule has 1 rings (SSSR count). The number of furan rings is 1. The normalized spacial score (nSPS) is 12.6. The maximum absolute atomic E-state index is 11.9. The third-order valence-corrected chi connectivity index (χ3v) is 2.69. The Morgan fingerprint density at radius 2 is 2.24 bits per heavy atom. The first-order valence-electron chi connectivity index (χ1n) is 6.35. The van der Waals surface area contributed by atoms with Crippen LogP contribution < -0.4 is 10.6 Å². The molecule has 1 heterocycles. The second-order valence-corrected chi connectivity index (χ2v) is 4.66. The van der Waals surface area contributed by atoms with E-state index in [1.165, 1.54) is 12.5 Å². The molecule has 1 amide bonds. The van der Waals surface area contributed by atoms with Crippen LogP contribution in [0, 0.1) is 17.2 Å². The lowest BCUT2D eigenvalue weighted by Gasteiger charge is -2.17. The Kier molecular flexibility index (Phi) is 6.01. The van der Waals surface area contributed by atoms with Gasteiger partial charge in [0.1, 0.15) is 23.4 Å². The summed E-state index contributed by atoms with van der Waals surface area (Å²) in [6.07, 6.45) is 2.75. The fraction of sp³-hybridized carbons (Fsp3) is 0.357. The lowest BCUT2D eigenvalue weighted by molar-refractivity contribution is -0.142. The number of carbonyl (C=O) groups excluding carboxylic acids is 1. The van der Waals surface area contributed by atoms with Crippen LogP contribution in [-0.2, 0) is 16.1 Å². The minimum atomic E-state index is -1.14. The maximum Gasteiger partial charge on any atom is 0.326 e. The summed E-state index contributed by atoms with van der Waals surface area (Å²) in [6, 6.07) is 4.15. The largest absolute Gasteiger partial charge is 0.480 e. The van der Waals surface area contributed by atoms with Gasteiger partial charge in [-0.05, 0) is 18.1 Å². The van der Waals surface area contributed by atoms with Crippen LogP contribution in [0.5, 0.6) is 0 Å². The number of carboxylic acid groups (broad SMARTS) is 1. The number of nitrogens with one attached hydrogen (secondary N) is 2. The van der Waals surface area contributed by atoms with Gasteiger partial charge in [-0.15, -0.1) is 0 Å². The highest BCUT2D eigenvalue weighted by Gasteiger charge is 2.24. The van der Waals surface area contributed by atoms with Gasteiger partial charge in [0.15, 0.2) is 0 Å². The van der Waals surface area contributed by atoms with Crippen molar-refractivity contribution in [1.82, 2.24) is 10.6 Å². The molecular formula is C14H17N3O4. The standard InChI is InChI=1S/C14H17N3O4/c1-9(2)12(14(19)20)17-13(18)10(6-15)7-16-8-11-4-3-5-21-11/h3-5,7,9,12,16H,8H2,1-2H3,(H,17,18)(H,19,20)/b10-7-. The van der Waals surface area contributed by atoms with Crippen LogP contribution in [0.4, 0.5) is 0 Å². The SMILES string of the molecule is CC(C)C(NC(=O)/C(C#N)=C\NCc1ccco1)C(=O)O.